The molecule has 0 rings (SSSR count). The Morgan fingerprint density at radius 1 is 0.424 bits per heavy atom. The highest BCUT2D eigenvalue weighted by molar-refractivity contribution is 4.47. The van der Waals surface area contributed by atoms with Gasteiger partial charge in [0.2, 0.25) is 0 Å². The molecule has 0 aliphatic carbocycles. The van der Waals surface area contributed by atoms with Gasteiger partial charge >= 0.3 is 0 Å². The lowest BCUT2D eigenvalue weighted by molar-refractivity contribution is -0.0273. The Bertz CT molecular complexity index is 371. The van der Waals surface area contributed by atoms with E-state index in [9.17, 15) is 0 Å². The van der Waals surface area contributed by atoms with Crippen LogP contribution in [0.3, 0.4) is 0 Å². The van der Waals surface area contributed by atoms with Crippen LogP contribution in [-0.2, 0) is 47.4 Å². The van der Waals surface area contributed by atoms with E-state index in [2.05, 4.69) is 6.58 Å². The summed E-state index contributed by atoms with van der Waals surface area (Å²) in [5.41, 5.74) is 0. The van der Waals surface area contributed by atoms with E-state index in [0.717, 1.165) is 0 Å². The summed E-state index contributed by atoms with van der Waals surface area (Å²) in [4.78, 5) is 0. The van der Waals surface area contributed by atoms with E-state index in [1.54, 1.807) is 0 Å². The first kappa shape index (κ1) is 32.2. The molecule has 0 aliphatic rings. The van der Waals surface area contributed by atoms with Crippen molar-refractivity contribution in [3.8, 4) is 0 Å². The molecule has 0 fully saturated rings. The zero-order valence-electron chi connectivity index (χ0n) is 20.7. The van der Waals surface area contributed by atoms with Gasteiger partial charge in [-0.05, 0) is 13.8 Å². The van der Waals surface area contributed by atoms with E-state index in [1.807, 2.05) is 13.8 Å². The molecule has 10 heteroatoms. The Morgan fingerprint density at radius 2 is 0.667 bits per heavy atom. The van der Waals surface area contributed by atoms with Crippen molar-refractivity contribution < 1.29 is 47.4 Å². The van der Waals surface area contributed by atoms with Crippen LogP contribution >= 0.6 is 0 Å². The van der Waals surface area contributed by atoms with Crippen LogP contribution in [-0.4, -0.2) is 125 Å². The van der Waals surface area contributed by atoms with Crippen molar-refractivity contribution in [3.05, 3.63) is 12.8 Å². The summed E-state index contributed by atoms with van der Waals surface area (Å²) >= 11 is 0. The van der Waals surface area contributed by atoms with Crippen LogP contribution in [0.1, 0.15) is 13.8 Å². The second-order valence-corrected chi connectivity index (χ2v) is 6.86. The molecule has 0 saturated carbocycles. The summed E-state index contributed by atoms with van der Waals surface area (Å²) in [6, 6.07) is 0. The number of hydrogen-bond donors (Lipinski definition) is 0. The maximum absolute atomic E-state index is 5.44. The highest BCUT2D eigenvalue weighted by atomic mass is 16.6. The van der Waals surface area contributed by atoms with Crippen molar-refractivity contribution in [1.82, 2.24) is 0 Å². The highest BCUT2D eigenvalue weighted by Crippen LogP contribution is 1.88. The van der Waals surface area contributed by atoms with E-state index in [1.165, 1.54) is 6.26 Å². The summed E-state index contributed by atoms with van der Waals surface area (Å²) in [6.45, 7) is 17.2. The monoisotopic (exact) mass is 482 g/mol. The van der Waals surface area contributed by atoms with Crippen molar-refractivity contribution in [1.29, 1.82) is 0 Å². The smallest absolute Gasteiger partial charge is 0.111 e. The Hall–Kier alpha value is -0.820. The normalized spacial score (nSPS) is 11.4. The Kier molecular flexibility index (Phi) is 28.5. The highest BCUT2D eigenvalue weighted by Gasteiger charge is 1.96. The summed E-state index contributed by atoms with van der Waals surface area (Å²) < 4.78 is 53.5. The van der Waals surface area contributed by atoms with Gasteiger partial charge in [0.1, 0.15) is 6.61 Å². The van der Waals surface area contributed by atoms with Gasteiger partial charge in [-0.25, -0.2) is 0 Å². The number of rotatable bonds is 29. The molecule has 0 aromatic rings. The van der Waals surface area contributed by atoms with Gasteiger partial charge in [-0.1, -0.05) is 6.58 Å². The van der Waals surface area contributed by atoms with Crippen LogP contribution in [0, 0.1) is 0 Å². The van der Waals surface area contributed by atoms with E-state index in [-0.39, 0.29) is 6.10 Å². The summed E-state index contributed by atoms with van der Waals surface area (Å²) in [5, 5.41) is 0. The zero-order valence-corrected chi connectivity index (χ0v) is 20.7. The molecule has 10 nitrogen and oxygen atoms in total. The minimum absolute atomic E-state index is 0.237. The second-order valence-electron chi connectivity index (χ2n) is 6.86. The lowest BCUT2D eigenvalue weighted by Gasteiger charge is -2.09. The minimum Gasteiger partial charge on any atom is -0.499 e. The largest absolute Gasteiger partial charge is 0.499 e. The van der Waals surface area contributed by atoms with Gasteiger partial charge in [0.25, 0.3) is 0 Å². The van der Waals surface area contributed by atoms with Crippen LogP contribution in [0.4, 0.5) is 0 Å². The van der Waals surface area contributed by atoms with Gasteiger partial charge in [-0.2, -0.15) is 0 Å². The van der Waals surface area contributed by atoms with Gasteiger partial charge in [0.05, 0.1) is 125 Å². The fourth-order valence-corrected chi connectivity index (χ4v) is 2.17. The third-order valence-corrected chi connectivity index (χ3v) is 3.75. The number of hydrogen-bond acceptors (Lipinski definition) is 10. The lowest BCUT2D eigenvalue weighted by Crippen LogP contribution is -2.15. The molecule has 198 valence electrons. The molecule has 0 bridgehead atoms. The molecular formula is C23H46O10. The Balaban J connectivity index is 3.01. The zero-order chi connectivity index (χ0) is 24.1. The molecule has 0 saturated heterocycles. The van der Waals surface area contributed by atoms with Gasteiger partial charge in [-0.15, -0.1) is 0 Å². The average Bonchev–Trinajstić information content (AvgIpc) is 2.80. The van der Waals surface area contributed by atoms with Crippen LogP contribution in [0.2, 0.25) is 0 Å². The van der Waals surface area contributed by atoms with Gasteiger partial charge in [-0.3, -0.25) is 0 Å². The summed E-state index contributed by atoms with van der Waals surface area (Å²) in [6.07, 6.45) is 1.63. The first-order valence-electron chi connectivity index (χ1n) is 11.7. The maximum Gasteiger partial charge on any atom is 0.111 e. The molecule has 33 heavy (non-hydrogen) atoms. The van der Waals surface area contributed by atoms with E-state index in [0.29, 0.717) is 119 Å². The average molecular weight is 483 g/mol. The molecule has 0 radical (unpaired) electrons. The molecule has 0 N–H and O–H groups in total. The minimum atomic E-state index is 0.237. The molecule has 0 aromatic carbocycles. The molecule has 0 aromatic heterocycles. The van der Waals surface area contributed by atoms with Crippen molar-refractivity contribution in [2.24, 2.45) is 0 Å². The lowest BCUT2D eigenvalue weighted by atomic mass is 10.5. The number of ether oxygens (including phenoxy) is 10. The van der Waals surface area contributed by atoms with Gasteiger partial charge < -0.3 is 47.4 Å². The molecule has 0 spiro atoms. The Morgan fingerprint density at radius 3 is 0.909 bits per heavy atom. The molecule has 0 aliphatic heterocycles. The molecular weight excluding hydrogens is 436 g/mol. The van der Waals surface area contributed by atoms with Crippen molar-refractivity contribution in [2.45, 2.75) is 20.0 Å². The summed E-state index contributed by atoms with van der Waals surface area (Å²) in [7, 11) is 0. The molecule has 0 heterocycles. The molecule has 0 atom stereocenters. The van der Waals surface area contributed by atoms with Crippen LogP contribution in [0.5, 0.6) is 0 Å². The van der Waals surface area contributed by atoms with Crippen LogP contribution in [0.25, 0.3) is 0 Å². The SMILES string of the molecule is C=COCCOCCOCCOCCOCCOCCOCCOCCOCCOC(C)C. The van der Waals surface area contributed by atoms with Crippen LogP contribution < -0.4 is 0 Å². The van der Waals surface area contributed by atoms with E-state index in [4.69, 9.17) is 47.4 Å². The summed E-state index contributed by atoms with van der Waals surface area (Å²) in [5.74, 6) is 0. The maximum atomic E-state index is 5.44. The standard InChI is InChI=1S/C23H46O10/c1-4-24-5-6-25-7-8-26-9-10-27-11-12-28-13-14-29-15-16-30-17-18-31-19-20-32-21-22-33-23(2)3/h4,23H,1,5-22H2,2-3H3. The van der Waals surface area contributed by atoms with Gasteiger partial charge in [0, 0.05) is 0 Å². The fraction of sp³-hybridized carbons (Fsp3) is 0.913. The van der Waals surface area contributed by atoms with Crippen LogP contribution in [0.15, 0.2) is 12.8 Å². The molecule has 0 unspecified atom stereocenters. The van der Waals surface area contributed by atoms with Crippen molar-refractivity contribution in [3.63, 3.8) is 0 Å². The van der Waals surface area contributed by atoms with Crippen molar-refractivity contribution in [2.75, 3.05) is 119 Å². The van der Waals surface area contributed by atoms with E-state index >= 15 is 0 Å². The first-order valence-corrected chi connectivity index (χ1v) is 11.7. The third-order valence-electron chi connectivity index (χ3n) is 3.75. The molecule has 0 amide bonds. The predicted octanol–water partition coefficient (Wildman–Crippen LogP) is 1.70. The fourth-order valence-electron chi connectivity index (χ4n) is 2.17. The van der Waals surface area contributed by atoms with Crippen molar-refractivity contribution >= 4 is 0 Å². The first-order chi connectivity index (χ1) is 16.3. The van der Waals surface area contributed by atoms with Gasteiger partial charge in [0.15, 0.2) is 0 Å². The second kappa shape index (κ2) is 29.2. The Labute approximate surface area is 199 Å². The predicted molar refractivity (Wildman–Crippen MR) is 124 cm³/mol. The van der Waals surface area contributed by atoms with E-state index < -0.39 is 0 Å². The quantitative estimate of drug-likeness (QED) is 0.116. The third kappa shape index (κ3) is 31.2. The topological polar surface area (TPSA) is 92.3 Å².